The summed E-state index contributed by atoms with van der Waals surface area (Å²) in [5.74, 6) is 1.23. The van der Waals surface area contributed by atoms with Crippen molar-refractivity contribution in [3.63, 3.8) is 0 Å². The smallest absolute Gasteiger partial charge is 0.358 e. The van der Waals surface area contributed by atoms with Crippen LogP contribution >= 0.6 is 0 Å². The van der Waals surface area contributed by atoms with Crippen LogP contribution in [-0.2, 0) is 19.0 Å². The van der Waals surface area contributed by atoms with E-state index in [1.54, 1.807) is 6.07 Å². The highest BCUT2D eigenvalue weighted by molar-refractivity contribution is 5.85. The molecule has 22 heavy (non-hydrogen) atoms. The van der Waals surface area contributed by atoms with Gasteiger partial charge in [-0.1, -0.05) is 0 Å². The summed E-state index contributed by atoms with van der Waals surface area (Å²) >= 11 is 0. The van der Waals surface area contributed by atoms with E-state index in [9.17, 15) is 13.2 Å². The molecule has 1 aromatic heterocycles. The molecule has 1 aliphatic heterocycles. The van der Waals surface area contributed by atoms with Gasteiger partial charge in [-0.3, -0.25) is 0 Å². The number of aromatic amines is 1. The van der Waals surface area contributed by atoms with Gasteiger partial charge in [-0.25, -0.2) is 0 Å². The van der Waals surface area contributed by atoms with Gasteiger partial charge < -0.3 is 9.88 Å². The van der Waals surface area contributed by atoms with Crippen LogP contribution in [0.2, 0.25) is 0 Å². The zero-order valence-electron chi connectivity index (χ0n) is 12.5. The molecule has 2 nitrogen and oxygen atoms in total. The summed E-state index contributed by atoms with van der Waals surface area (Å²) in [6, 6.07) is 4.06. The van der Waals surface area contributed by atoms with Crippen molar-refractivity contribution in [3.8, 4) is 0 Å². The quantitative estimate of drug-likeness (QED) is 0.783. The fraction of sp³-hybridized carbons (Fsp3) is 0.529. The number of piperidine rings is 1. The number of likely N-dealkylation sites (tertiary alicyclic amines) is 1. The number of aromatic nitrogens is 1. The molecule has 5 heteroatoms. The van der Waals surface area contributed by atoms with E-state index in [0.717, 1.165) is 48.1 Å². The number of hydrogen-bond donors (Lipinski definition) is 1. The maximum absolute atomic E-state index is 13.0. The zero-order chi connectivity index (χ0) is 15.5. The summed E-state index contributed by atoms with van der Waals surface area (Å²) in [6.07, 6.45) is -1.22. The fourth-order valence-electron chi connectivity index (χ4n) is 4.17. The van der Waals surface area contributed by atoms with Crippen molar-refractivity contribution in [1.82, 2.24) is 9.88 Å². The Balaban J connectivity index is 1.77. The summed E-state index contributed by atoms with van der Waals surface area (Å²) in [4.78, 5) is 5.69. The second-order valence-corrected chi connectivity index (χ2v) is 6.82. The molecule has 2 aliphatic rings. The molecule has 0 bridgehead atoms. The van der Waals surface area contributed by atoms with Crippen LogP contribution < -0.4 is 0 Å². The minimum absolute atomic E-state index is 0.551. The Bertz CT molecular complexity index is 716. The summed E-state index contributed by atoms with van der Waals surface area (Å²) < 4.78 is 38.9. The summed E-state index contributed by atoms with van der Waals surface area (Å²) in [6.45, 7) is 2.17. The van der Waals surface area contributed by atoms with E-state index in [1.165, 1.54) is 18.6 Å². The number of benzene rings is 1. The lowest BCUT2D eigenvalue weighted by atomic mass is 9.74. The highest BCUT2D eigenvalue weighted by Crippen LogP contribution is 2.40. The Morgan fingerprint density at radius 2 is 2.00 bits per heavy atom. The first-order valence-corrected chi connectivity index (χ1v) is 7.81. The molecule has 2 heterocycles. The van der Waals surface area contributed by atoms with E-state index in [-0.39, 0.29) is 0 Å². The second kappa shape index (κ2) is 4.75. The molecule has 4 rings (SSSR count). The Labute approximate surface area is 127 Å². The SMILES string of the molecule is CN1CCC2Cc3[nH]c4ccc(C(F)(F)F)cc4c3CC2C1. The molecule has 1 aromatic carbocycles. The number of hydrogen-bond acceptors (Lipinski definition) is 1. The Morgan fingerprint density at radius 3 is 2.77 bits per heavy atom. The van der Waals surface area contributed by atoms with E-state index in [1.807, 2.05) is 0 Å². The summed E-state index contributed by atoms with van der Waals surface area (Å²) in [7, 11) is 2.13. The van der Waals surface area contributed by atoms with Crippen LogP contribution in [0.1, 0.15) is 23.2 Å². The predicted octanol–water partition coefficient (Wildman–Crippen LogP) is 3.85. The molecular weight excluding hydrogens is 289 g/mol. The monoisotopic (exact) mass is 308 g/mol. The zero-order valence-corrected chi connectivity index (χ0v) is 12.5. The van der Waals surface area contributed by atoms with Gasteiger partial charge in [-0.2, -0.15) is 13.2 Å². The van der Waals surface area contributed by atoms with Crippen molar-refractivity contribution in [2.24, 2.45) is 11.8 Å². The van der Waals surface area contributed by atoms with Gasteiger partial charge >= 0.3 is 6.18 Å². The van der Waals surface area contributed by atoms with Gasteiger partial charge in [0.15, 0.2) is 0 Å². The van der Waals surface area contributed by atoms with Crippen molar-refractivity contribution in [2.45, 2.75) is 25.4 Å². The van der Waals surface area contributed by atoms with Crippen LogP contribution in [0.4, 0.5) is 13.2 Å². The van der Waals surface area contributed by atoms with Gasteiger partial charge in [0.1, 0.15) is 0 Å². The first-order chi connectivity index (χ1) is 10.4. The fourth-order valence-corrected chi connectivity index (χ4v) is 4.17. The Kier molecular flexibility index (Phi) is 3.05. The van der Waals surface area contributed by atoms with Crippen molar-refractivity contribution in [2.75, 3.05) is 20.1 Å². The van der Waals surface area contributed by atoms with Crippen LogP contribution in [-0.4, -0.2) is 30.0 Å². The lowest BCUT2D eigenvalue weighted by Gasteiger charge is -2.39. The van der Waals surface area contributed by atoms with Gasteiger partial charge in [-0.15, -0.1) is 0 Å². The van der Waals surface area contributed by atoms with Crippen LogP contribution in [0.3, 0.4) is 0 Å². The molecule has 2 atom stereocenters. The first kappa shape index (κ1) is 14.1. The normalized spacial score (nSPS) is 26.0. The molecule has 118 valence electrons. The molecule has 1 saturated heterocycles. The van der Waals surface area contributed by atoms with Crippen LogP contribution in [0.5, 0.6) is 0 Å². The third-order valence-electron chi connectivity index (χ3n) is 5.35. The average Bonchev–Trinajstić information content (AvgIpc) is 2.80. The molecule has 0 saturated carbocycles. The largest absolute Gasteiger partial charge is 0.416 e. The van der Waals surface area contributed by atoms with Gasteiger partial charge in [0.05, 0.1) is 5.56 Å². The van der Waals surface area contributed by atoms with Crippen LogP contribution in [0.15, 0.2) is 18.2 Å². The number of halogens is 3. The molecule has 0 spiro atoms. The van der Waals surface area contributed by atoms with Crippen molar-refractivity contribution in [3.05, 3.63) is 35.0 Å². The summed E-state index contributed by atoms with van der Waals surface area (Å²) in [5.41, 5.74) is 2.55. The lowest BCUT2D eigenvalue weighted by Crippen LogP contribution is -2.41. The number of nitrogens with zero attached hydrogens (tertiary/aromatic N) is 1. The first-order valence-electron chi connectivity index (χ1n) is 7.81. The molecular formula is C17H19F3N2. The standard InChI is InChI=1S/C17H19F3N2/c1-22-5-4-10-7-16-13(6-11(10)9-22)14-8-12(17(18,19)20)2-3-15(14)21-16/h2-3,8,10-11,21H,4-7,9H2,1H3. The topological polar surface area (TPSA) is 19.0 Å². The Hall–Kier alpha value is -1.49. The number of H-pyrrole nitrogens is 1. The molecule has 1 aliphatic carbocycles. The number of rotatable bonds is 0. The highest BCUT2D eigenvalue weighted by Gasteiger charge is 2.35. The molecule has 2 unspecified atom stereocenters. The van der Waals surface area contributed by atoms with E-state index in [4.69, 9.17) is 0 Å². The second-order valence-electron chi connectivity index (χ2n) is 6.82. The molecule has 1 fully saturated rings. The minimum Gasteiger partial charge on any atom is -0.358 e. The van der Waals surface area contributed by atoms with Crippen LogP contribution in [0, 0.1) is 11.8 Å². The maximum atomic E-state index is 13.0. The number of alkyl halides is 3. The Morgan fingerprint density at radius 1 is 1.18 bits per heavy atom. The van der Waals surface area contributed by atoms with Gasteiger partial charge in [0, 0.05) is 23.1 Å². The van der Waals surface area contributed by atoms with Crippen molar-refractivity contribution < 1.29 is 13.2 Å². The molecule has 0 radical (unpaired) electrons. The van der Waals surface area contributed by atoms with E-state index in [2.05, 4.69) is 16.9 Å². The van der Waals surface area contributed by atoms with Crippen LogP contribution in [0.25, 0.3) is 10.9 Å². The third kappa shape index (κ3) is 2.22. The van der Waals surface area contributed by atoms with E-state index < -0.39 is 11.7 Å². The van der Waals surface area contributed by atoms with Crippen molar-refractivity contribution >= 4 is 10.9 Å². The van der Waals surface area contributed by atoms with Gasteiger partial charge in [0.25, 0.3) is 0 Å². The third-order valence-corrected chi connectivity index (χ3v) is 5.35. The van der Waals surface area contributed by atoms with Gasteiger partial charge in [-0.05, 0) is 68.5 Å². The average molecular weight is 308 g/mol. The number of nitrogens with one attached hydrogen (secondary N) is 1. The van der Waals surface area contributed by atoms with E-state index in [0.29, 0.717) is 11.8 Å². The summed E-state index contributed by atoms with van der Waals surface area (Å²) in [5, 5.41) is 0.761. The highest BCUT2D eigenvalue weighted by atomic mass is 19.4. The molecule has 2 aromatic rings. The molecule has 0 amide bonds. The van der Waals surface area contributed by atoms with Crippen molar-refractivity contribution in [1.29, 1.82) is 0 Å². The lowest BCUT2D eigenvalue weighted by molar-refractivity contribution is -0.137. The number of fused-ring (bicyclic) bond motifs is 4. The maximum Gasteiger partial charge on any atom is 0.416 e. The van der Waals surface area contributed by atoms with E-state index >= 15 is 0 Å². The molecule has 1 N–H and O–H groups in total. The minimum atomic E-state index is -4.28. The van der Waals surface area contributed by atoms with Gasteiger partial charge in [0.2, 0.25) is 0 Å². The predicted molar refractivity (Wildman–Crippen MR) is 79.8 cm³/mol.